The summed E-state index contributed by atoms with van der Waals surface area (Å²) in [6.45, 7) is 0. The van der Waals surface area contributed by atoms with Crippen molar-refractivity contribution in [3.05, 3.63) is 45.2 Å². The second-order valence-corrected chi connectivity index (χ2v) is 7.74. The molecule has 1 aromatic carbocycles. The van der Waals surface area contributed by atoms with E-state index in [0.717, 1.165) is 0 Å². The molecule has 21 heavy (non-hydrogen) atoms. The van der Waals surface area contributed by atoms with E-state index >= 15 is 0 Å². The van der Waals surface area contributed by atoms with E-state index in [4.69, 9.17) is 10.4 Å². The summed E-state index contributed by atoms with van der Waals surface area (Å²) >= 11 is 3.83. The third-order valence-corrected chi connectivity index (χ3v) is 5.83. The molecule has 0 saturated carbocycles. The van der Waals surface area contributed by atoms with Crippen LogP contribution in [0.25, 0.3) is 0 Å². The molecule has 0 atom stereocenters. The molecule has 0 saturated heterocycles. The minimum atomic E-state index is -3.94. The van der Waals surface area contributed by atoms with Crippen LogP contribution in [-0.4, -0.2) is 19.5 Å². The molecule has 0 radical (unpaired) electrons. The van der Waals surface area contributed by atoms with E-state index in [1.54, 1.807) is 6.07 Å². The highest BCUT2D eigenvalue weighted by Gasteiger charge is 2.20. The lowest BCUT2D eigenvalue weighted by Crippen LogP contribution is -2.12. The number of hydrogen-bond donors (Lipinski definition) is 2. The van der Waals surface area contributed by atoms with Crippen molar-refractivity contribution in [2.45, 2.75) is 4.21 Å². The van der Waals surface area contributed by atoms with Crippen LogP contribution in [0.4, 0.5) is 5.69 Å². The molecule has 0 fully saturated rings. The Morgan fingerprint density at radius 3 is 2.62 bits per heavy atom. The Balaban J connectivity index is 2.40. The average molecular weight is 387 g/mol. The number of carbonyl (C=O) groups is 1. The van der Waals surface area contributed by atoms with Crippen LogP contribution < -0.4 is 4.72 Å². The van der Waals surface area contributed by atoms with Gasteiger partial charge in [0.15, 0.2) is 0 Å². The maximum atomic E-state index is 12.2. The first-order chi connectivity index (χ1) is 9.83. The predicted molar refractivity (Wildman–Crippen MR) is 80.9 cm³/mol. The largest absolute Gasteiger partial charge is 0.477 e. The minimum absolute atomic E-state index is 0.0786. The van der Waals surface area contributed by atoms with E-state index in [-0.39, 0.29) is 20.3 Å². The molecule has 0 spiro atoms. The molecule has 0 aliphatic rings. The normalized spacial score (nSPS) is 10.9. The lowest BCUT2D eigenvalue weighted by Gasteiger charge is -2.08. The summed E-state index contributed by atoms with van der Waals surface area (Å²) in [5, 5.41) is 17.8. The number of nitrogens with one attached hydrogen (secondary N) is 1. The number of halogens is 1. The Bertz CT molecular complexity index is 852. The average Bonchev–Trinajstić information content (AvgIpc) is 2.89. The molecule has 0 amide bonds. The number of carboxylic acid groups (broad SMARTS) is 1. The van der Waals surface area contributed by atoms with Gasteiger partial charge in [-0.15, -0.1) is 11.3 Å². The van der Waals surface area contributed by atoms with E-state index in [0.29, 0.717) is 15.8 Å². The lowest BCUT2D eigenvalue weighted by molar-refractivity contribution is 0.0702. The van der Waals surface area contributed by atoms with Gasteiger partial charge in [0.2, 0.25) is 0 Å². The Hall–Kier alpha value is -1.89. The van der Waals surface area contributed by atoms with Crippen LogP contribution in [0, 0.1) is 11.3 Å². The number of thiophene rings is 1. The summed E-state index contributed by atoms with van der Waals surface area (Å²) < 4.78 is 27.2. The minimum Gasteiger partial charge on any atom is -0.477 e. The van der Waals surface area contributed by atoms with Crippen molar-refractivity contribution in [1.29, 1.82) is 5.26 Å². The third kappa shape index (κ3) is 3.41. The van der Waals surface area contributed by atoms with Gasteiger partial charge >= 0.3 is 5.97 Å². The molecule has 0 unspecified atom stereocenters. The molecule has 0 aliphatic carbocycles. The Morgan fingerprint density at radius 2 is 2.05 bits per heavy atom. The van der Waals surface area contributed by atoms with E-state index in [1.807, 2.05) is 6.07 Å². The summed E-state index contributed by atoms with van der Waals surface area (Å²) in [6, 6.07) is 8.85. The highest BCUT2D eigenvalue weighted by Crippen LogP contribution is 2.27. The molecule has 9 heteroatoms. The zero-order chi connectivity index (χ0) is 15.6. The van der Waals surface area contributed by atoms with Gasteiger partial charge in [0, 0.05) is 4.47 Å². The van der Waals surface area contributed by atoms with Crippen LogP contribution in [0.3, 0.4) is 0 Å². The van der Waals surface area contributed by atoms with Crippen LogP contribution in [0.2, 0.25) is 0 Å². The number of benzene rings is 1. The zero-order valence-electron chi connectivity index (χ0n) is 10.2. The van der Waals surface area contributed by atoms with Gasteiger partial charge in [0.25, 0.3) is 10.0 Å². The van der Waals surface area contributed by atoms with E-state index < -0.39 is 16.0 Å². The molecule has 2 aromatic rings. The number of anilines is 1. The maximum absolute atomic E-state index is 12.2. The first-order valence-electron chi connectivity index (χ1n) is 5.39. The van der Waals surface area contributed by atoms with Gasteiger partial charge in [-0.3, -0.25) is 4.72 Å². The van der Waals surface area contributed by atoms with Gasteiger partial charge in [-0.25, -0.2) is 13.2 Å². The summed E-state index contributed by atoms with van der Waals surface area (Å²) in [5.41, 5.74) is 0.286. The van der Waals surface area contributed by atoms with Crippen LogP contribution in [-0.2, 0) is 10.0 Å². The molecular weight excluding hydrogens is 380 g/mol. The smallest absolute Gasteiger partial charge is 0.345 e. The number of sulfonamides is 1. The zero-order valence-corrected chi connectivity index (χ0v) is 13.4. The van der Waals surface area contributed by atoms with E-state index in [2.05, 4.69) is 20.7 Å². The second-order valence-electron chi connectivity index (χ2n) is 3.83. The van der Waals surface area contributed by atoms with Gasteiger partial charge in [-0.2, -0.15) is 5.26 Å². The van der Waals surface area contributed by atoms with Gasteiger partial charge in [0.1, 0.15) is 15.2 Å². The molecular formula is C12H7BrN2O4S2. The summed E-state index contributed by atoms with van der Waals surface area (Å²) in [6.07, 6.45) is 0. The van der Waals surface area contributed by atoms with E-state index in [9.17, 15) is 13.2 Å². The number of rotatable bonds is 4. The molecule has 0 aliphatic heterocycles. The van der Waals surface area contributed by atoms with Crippen molar-refractivity contribution < 1.29 is 18.3 Å². The summed E-state index contributed by atoms with van der Waals surface area (Å²) in [5.74, 6) is -1.19. The van der Waals surface area contributed by atoms with Gasteiger partial charge in [-0.05, 0) is 30.3 Å². The van der Waals surface area contributed by atoms with Crippen molar-refractivity contribution in [3.8, 4) is 6.07 Å². The quantitative estimate of drug-likeness (QED) is 0.839. The Kier molecular flexibility index (Phi) is 4.32. The lowest BCUT2D eigenvalue weighted by atomic mass is 10.2. The number of nitrogens with zero attached hydrogens (tertiary/aromatic N) is 1. The number of nitriles is 1. The summed E-state index contributed by atoms with van der Waals surface area (Å²) in [4.78, 5) is 10.7. The van der Waals surface area contributed by atoms with Crippen molar-refractivity contribution in [3.63, 3.8) is 0 Å². The monoisotopic (exact) mass is 386 g/mol. The van der Waals surface area contributed by atoms with E-state index in [1.165, 1.54) is 24.3 Å². The van der Waals surface area contributed by atoms with Crippen molar-refractivity contribution in [2.24, 2.45) is 0 Å². The molecule has 0 bridgehead atoms. The van der Waals surface area contributed by atoms with Gasteiger partial charge in [0.05, 0.1) is 11.3 Å². The van der Waals surface area contributed by atoms with Crippen LogP contribution in [0.15, 0.2) is 39.0 Å². The van der Waals surface area contributed by atoms with Gasteiger partial charge in [-0.1, -0.05) is 15.9 Å². The van der Waals surface area contributed by atoms with Crippen molar-refractivity contribution in [1.82, 2.24) is 0 Å². The fraction of sp³-hybridized carbons (Fsp3) is 0. The fourth-order valence-corrected chi connectivity index (χ4v) is 4.05. The topological polar surface area (TPSA) is 107 Å². The molecule has 6 nitrogen and oxygen atoms in total. The number of hydrogen-bond acceptors (Lipinski definition) is 5. The standard InChI is InChI=1S/C12H7BrN2O4S2/c13-8-2-1-7(6-14)9(5-8)15-21(18,19)11-4-3-10(20-11)12(16)17/h1-5,15H,(H,16,17). The fourth-order valence-electron chi connectivity index (χ4n) is 1.47. The van der Waals surface area contributed by atoms with Gasteiger partial charge < -0.3 is 5.11 Å². The number of aromatic carboxylic acids is 1. The SMILES string of the molecule is N#Cc1ccc(Br)cc1NS(=O)(=O)c1ccc(C(=O)O)s1. The third-order valence-electron chi connectivity index (χ3n) is 2.40. The van der Waals surface area contributed by atoms with Crippen LogP contribution >= 0.6 is 27.3 Å². The molecule has 2 N–H and O–H groups in total. The first-order valence-corrected chi connectivity index (χ1v) is 8.48. The number of carboxylic acids is 1. The summed E-state index contributed by atoms with van der Waals surface area (Å²) in [7, 11) is -3.94. The van der Waals surface area contributed by atoms with Crippen molar-refractivity contribution >= 4 is 48.9 Å². The molecule has 1 heterocycles. The van der Waals surface area contributed by atoms with Crippen molar-refractivity contribution in [2.75, 3.05) is 4.72 Å². The second kappa shape index (κ2) is 5.85. The predicted octanol–water partition coefficient (Wildman–Crippen LogP) is 2.88. The first kappa shape index (κ1) is 15.5. The molecule has 2 rings (SSSR count). The molecule has 108 valence electrons. The highest BCUT2D eigenvalue weighted by molar-refractivity contribution is 9.10. The highest BCUT2D eigenvalue weighted by atomic mass is 79.9. The van der Waals surface area contributed by atoms with Crippen LogP contribution in [0.5, 0.6) is 0 Å². The van der Waals surface area contributed by atoms with Crippen LogP contribution in [0.1, 0.15) is 15.2 Å². The maximum Gasteiger partial charge on any atom is 0.345 e. The Morgan fingerprint density at radius 1 is 1.33 bits per heavy atom. The molecule has 1 aromatic heterocycles. The Labute approximate surface area is 132 Å².